The Kier molecular flexibility index (Phi) is 6.53. The summed E-state index contributed by atoms with van der Waals surface area (Å²) in [6.45, 7) is 7.07. The number of thiocarbonyl (C=S) groups is 1. The molecule has 1 heterocycles. The second-order valence-corrected chi connectivity index (χ2v) is 7.79. The van der Waals surface area contributed by atoms with Gasteiger partial charge in [-0.1, -0.05) is 56.0 Å². The lowest BCUT2D eigenvalue weighted by Gasteiger charge is -2.15. The van der Waals surface area contributed by atoms with Crippen LogP contribution in [0.25, 0.3) is 0 Å². The topological polar surface area (TPSA) is 38.8 Å². The van der Waals surface area contributed by atoms with E-state index in [-0.39, 0.29) is 5.91 Å². The van der Waals surface area contributed by atoms with Crippen molar-refractivity contribution in [1.29, 1.82) is 0 Å². The van der Waals surface area contributed by atoms with E-state index >= 15 is 0 Å². The van der Waals surface area contributed by atoms with Gasteiger partial charge in [-0.15, -0.1) is 0 Å². The third-order valence-electron chi connectivity index (χ3n) is 4.03. The van der Waals surface area contributed by atoms with Gasteiger partial charge in [-0.3, -0.25) is 9.69 Å². The first-order chi connectivity index (χ1) is 13.1. The molecule has 1 aliphatic rings. The third-order valence-corrected chi connectivity index (χ3v) is 5.24. The molecular formula is C21H21NO3S2. The van der Waals surface area contributed by atoms with Gasteiger partial charge in [-0.2, -0.15) is 0 Å². The van der Waals surface area contributed by atoms with Crippen LogP contribution in [-0.4, -0.2) is 16.8 Å². The zero-order chi connectivity index (χ0) is 19.2. The molecule has 0 radical (unpaired) electrons. The monoisotopic (exact) mass is 399 g/mol. The summed E-state index contributed by atoms with van der Waals surface area (Å²) in [4.78, 5) is 14.0. The largest absolute Gasteiger partial charge is 0.494 e. The molecule has 0 unspecified atom stereocenters. The van der Waals surface area contributed by atoms with Crippen molar-refractivity contribution in [2.24, 2.45) is 0 Å². The Morgan fingerprint density at radius 1 is 1.04 bits per heavy atom. The average molecular weight is 400 g/mol. The van der Waals surface area contributed by atoms with Crippen LogP contribution in [0, 0.1) is 0 Å². The molecule has 0 spiro atoms. The molecular weight excluding hydrogens is 378 g/mol. The van der Waals surface area contributed by atoms with Crippen LogP contribution in [0.4, 0.5) is 5.69 Å². The number of rotatable bonds is 8. The summed E-state index contributed by atoms with van der Waals surface area (Å²) in [5, 5.41) is 0. The predicted molar refractivity (Wildman–Crippen MR) is 114 cm³/mol. The smallest absolute Gasteiger partial charge is 0.270 e. The maximum Gasteiger partial charge on any atom is 0.270 e. The Morgan fingerprint density at radius 2 is 1.67 bits per heavy atom. The molecule has 1 amide bonds. The number of ether oxygens (including phenoxy) is 2. The van der Waals surface area contributed by atoms with E-state index in [1.54, 1.807) is 0 Å². The van der Waals surface area contributed by atoms with Crippen LogP contribution < -0.4 is 14.4 Å². The molecule has 140 valence electrons. The molecule has 27 heavy (non-hydrogen) atoms. The van der Waals surface area contributed by atoms with Crippen molar-refractivity contribution in [1.82, 2.24) is 0 Å². The van der Waals surface area contributed by atoms with Crippen molar-refractivity contribution in [3.8, 4) is 11.5 Å². The molecule has 0 bridgehead atoms. The number of benzene rings is 2. The molecule has 4 nitrogen and oxygen atoms in total. The zero-order valence-corrected chi connectivity index (χ0v) is 16.8. The van der Waals surface area contributed by atoms with Crippen LogP contribution in [0.5, 0.6) is 11.5 Å². The van der Waals surface area contributed by atoms with Gasteiger partial charge in [-0.25, -0.2) is 0 Å². The van der Waals surface area contributed by atoms with Gasteiger partial charge in [0, 0.05) is 0 Å². The summed E-state index contributed by atoms with van der Waals surface area (Å²) >= 11 is 6.46. The number of anilines is 1. The number of carbonyl (C=O) groups excluding carboxylic acids is 1. The molecule has 0 atom stereocenters. The highest BCUT2D eigenvalue weighted by molar-refractivity contribution is 8.27. The van der Waals surface area contributed by atoms with Crippen molar-refractivity contribution >= 4 is 39.9 Å². The van der Waals surface area contributed by atoms with Crippen molar-refractivity contribution in [2.45, 2.75) is 26.4 Å². The van der Waals surface area contributed by atoms with E-state index in [0.717, 1.165) is 42.2 Å². The minimum Gasteiger partial charge on any atom is -0.494 e. The van der Waals surface area contributed by atoms with Gasteiger partial charge in [0.05, 0.1) is 17.2 Å². The highest BCUT2D eigenvalue weighted by atomic mass is 32.2. The highest BCUT2D eigenvalue weighted by Crippen LogP contribution is 2.34. The molecule has 1 fully saturated rings. The van der Waals surface area contributed by atoms with Crippen LogP contribution >= 0.6 is 24.0 Å². The lowest BCUT2D eigenvalue weighted by molar-refractivity contribution is -0.113. The van der Waals surface area contributed by atoms with E-state index < -0.39 is 0 Å². The molecule has 2 aromatic carbocycles. The molecule has 3 rings (SSSR count). The van der Waals surface area contributed by atoms with E-state index in [2.05, 4.69) is 13.5 Å². The quantitative estimate of drug-likeness (QED) is 0.341. The summed E-state index contributed by atoms with van der Waals surface area (Å²) in [5.41, 5.74) is 1.78. The number of hydrogen-bond donors (Lipinski definition) is 0. The first-order valence-electron chi connectivity index (χ1n) is 8.78. The Hall–Kier alpha value is -2.31. The summed E-state index contributed by atoms with van der Waals surface area (Å²) in [6, 6.07) is 15.2. The maximum absolute atomic E-state index is 12.1. The normalized spacial score (nSPS) is 14.0. The van der Waals surface area contributed by atoms with Crippen molar-refractivity contribution < 1.29 is 14.3 Å². The summed E-state index contributed by atoms with van der Waals surface area (Å²) in [6.07, 6.45) is 2.18. The van der Waals surface area contributed by atoms with Gasteiger partial charge >= 0.3 is 0 Å². The minimum atomic E-state index is -0.167. The lowest BCUT2D eigenvalue weighted by atomic mass is 10.2. The van der Waals surface area contributed by atoms with Crippen LogP contribution in [0.1, 0.15) is 25.3 Å². The third kappa shape index (κ3) is 4.90. The Balaban J connectivity index is 1.55. The summed E-state index contributed by atoms with van der Waals surface area (Å²) in [7, 11) is 0. The molecule has 0 saturated carbocycles. The highest BCUT2D eigenvalue weighted by Gasteiger charge is 2.31. The van der Waals surface area contributed by atoms with Gasteiger partial charge in [0.1, 0.15) is 18.1 Å². The molecule has 2 aromatic rings. The Morgan fingerprint density at radius 3 is 2.26 bits per heavy atom. The average Bonchev–Trinajstić information content (AvgIpc) is 2.94. The second kappa shape index (κ2) is 9.06. The molecule has 1 saturated heterocycles. The van der Waals surface area contributed by atoms with E-state index in [0.29, 0.717) is 15.8 Å². The lowest BCUT2D eigenvalue weighted by Crippen LogP contribution is -2.27. The SMILES string of the molecule is C=C1SC(=S)N(c2ccc(OCc3ccc(OCCCC)cc3)cc2)C1=O. The van der Waals surface area contributed by atoms with Crippen molar-refractivity contribution in [3.63, 3.8) is 0 Å². The minimum absolute atomic E-state index is 0.167. The van der Waals surface area contributed by atoms with E-state index in [1.807, 2.05) is 48.5 Å². The molecule has 0 N–H and O–H groups in total. The number of unbranched alkanes of at least 4 members (excludes halogenated alkanes) is 1. The van der Waals surface area contributed by atoms with Crippen molar-refractivity contribution in [3.05, 3.63) is 65.6 Å². The van der Waals surface area contributed by atoms with E-state index in [1.165, 1.54) is 16.7 Å². The van der Waals surface area contributed by atoms with Gasteiger partial charge in [0.15, 0.2) is 4.32 Å². The maximum atomic E-state index is 12.1. The van der Waals surface area contributed by atoms with Crippen LogP contribution in [-0.2, 0) is 11.4 Å². The molecule has 1 aliphatic heterocycles. The first kappa shape index (κ1) is 19.5. The summed E-state index contributed by atoms with van der Waals surface area (Å²) in [5.74, 6) is 1.44. The van der Waals surface area contributed by atoms with Gasteiger partial charge in [-0.05, 0) is 48.4 Å². The van der Waals surface area contributed by atoms with Crippen LogP contribution in [0.3, 0.4) is 0 Å². The standard InChI is InChI=1S/C21H21NO3S2/c1-3-4-13-24-18-9-5-16(6-10-18)14-25-19-11-7-17(8-12-19)22-20(23)15(2)27-21(22)26/h5-12H,2-4,13-14H2,1H3. The number of carbonyl (C=O) groups is 1. The number of amides is 1. The first-order valence-corrected chi connectivity index (χ1v) is 10.0. The molecule has 6 heteroatoms. The molecule has 0 aromatic heterocycles. The fourth-order valence-electron chi connectivity index (χ4n) is 2.50. The molecule has 0 aliphatic carbocycles. The van der Waals surface area contributed by atoms with E-state index in [4.69, 9.17) is 21.7 Å². The predicted octanol–water partition coefficient (Wildman–Crippen LogP) is 5.32. The Labute approximate surface area is 169 Å². The zero-order valence-electron chi connectivity index (χ0n) is 15.1. The number of nitrogens with zero attached hydrogens (tertiary/aromatic N) is 1. The fourth-order valence-corrected chi connectivity index (χ4v) is 3.66. The van der Waals surface area contributed by atoms with E-state index in [9.17, 15) is 4.79 Å². The Bertz CT molecular complexity index is 832. The number of thioether (sulfide) groups is 1. The van der Waals surface area contributed by atoms with Gasteiger partial charge < -0.3 is 9.47 Å². The van der Waals surface area contributed by atoms with Gasteiger partial charge in [0.2, 0.25) is 0 Å². The number of hydrogen-bond acceptors (Lipinski definition) is 5. The fraction of sp³-hybridized carbons (Fsp3) is 0.238. The van der Waals surface area contributed by atoms with Crippen LogP contribution in [0.2, 0.25) is 0 Å². The second-order valence-electron chi connectivity index (χ2n) is 6.06. The van der Waals surface area contributed by atoms with Crippen molar-refractivity contribution in [2.75, 3.05) is 11.5 Å². The van der Waals surface area contributed by atoms with Gasteiger partial charge in [0.25, 0.3) is 5.91 Å². The summed E-state index contributed by atoms with van der Waals surface area (Å²) < 4.78 is 12.0. The van der Waals surface area contributed by atoms with Crippen LogP contribution in [0.15, 0.2) is 60.0 Å².